The molecule has 4 aliphatic carbocycles. The highest BCUT2D eigenvalue weighted by molar-refractivity contribution is 5.92. The molecule has 4 aliphatic rings. The monoisotopic (exact) mass is 390 g/mol. The molecule has 0 aromatic rings. The zero-order valence-electron chi connectivity index (χ0n) is 17.7. The summed E-state index contributed by atoms with van der Waals surface area (Å²) in [5, 5.41) is 0. The summed E-state index contributed by atoms with van der Waals surface area (Å²) in [7, 11) is 0. The normalized spacial score (nSPS) is 47.5. The number of ketones is 1. The first kappa shape index (κ1) is 19.9. The van der Waals surface area contributed by atoms with Gasteiger partial charge in [0.1, 0.15) is 6.10 Å². The Labute approximate surface area is 167 Å². The first-order chi connectivity index (χ1) is 13.1. The zero-order valence-corrected chi connectivity index (χ0v) is 17.7. The van der Waals surface area contributed by atoms with Gasteiger partial charge < -0.3 is 9.47 Å². The van der Waals surface area contributed by atoms with Gasteiger partial charge in [-0.15, -0.1) is 0 Å². The Balaban J connectivity index is 1.54. The van der Waals surface area contributed by atoms with Gasteiger partial charge in [-0.3, -0.25) is 14.4 Å². The standard InChI is InChI=1S/C23H34O5/c1-13(24)27-16-7-9-22(3)15(11-16)5-6-17-18(22)8-10-23(4)19(17)12-20(21(23)26)28-14(2)25/h15-20H,5-12H2,1-4H3/t15-,16-,17+,18+,19-,20-,22-,23+/m0/s1. The molecule has 0 N–H and O–H groups in total. The van der Waals surface area contributed by atoms with Crippen molar-refractivity contribution in [2.24, 2.45) is 34.5 Å². The fraction of sp³-hybridized carbons (Fsp3) is 0.870. The Bertz CT molecular complexity index is 686. The van der Waals surface area contributed by atoms with Crippen LogP contribution in [0.3, 0.4) is 0 Å². The van der Waals surface area contributed by atoms with Crippen LogP contribution in [0.2, 0.25) is 0 Å². The first-order valence-electron chi connectivity index (χ1n) is 11.0. The van der Waals surface area contributed by atoms with E-state index in [9.17, 15) is 14.4 Å². The molecule has 28 heavy (non-hydrogen) atoms. The van der Waals surface area contributed by atoms with Crippen molar-refractivity contribution in [3.05, 3.63) is 0 Å². The molecule has 4 rings (SSSR count). The number of rotatable bonds is 2. The molecule has 156 valence electrons. The number of hydrogen-bond donors (Lipinski definition) is 0. The van der Waals surface area contributed by atoms with Gasteiger partial charge in [0.2, 0.25) is 0 Å². The average molecular weight is 391 g/mol. The quantitative estimate of drug-likeness (QED) is 0.665. The van der Waals surface area contributed by atoms with Crippen LogP contribution in [0.25, 0.3) is 0 Å². The summed E-state index contributed by atoms with van der Waals surface area (Å²) in [5.74, 6) is 1.70. The van der Waals surface area contributed by atoms with E-state index in [4.69, 9.17) is 9.47 Å². The van der Waals surface area contributed by atoms with E-state index in [1.807, 2.05) is 0 Å². The molecule has 4 saturated carbocycles. The molecule has 8 atom stereocenters. The van der Waals surface area contributed by atoms with Crippen molar-refractivity contribution in [2.75, 3.05) is 0 Å². The second kappa shape index (κ2) is 6.84. The predicted octanol–water partition coefficient (Wildman–Crippen LogP) is 4.07. The van der Waals surface area contributed by atoms with Crippen LogP contribution in [0.5, 0.6) is 0 Å². The lowest BCUT2D eigenvalue weighted by Gasteiger charge is -2.60. The average Bonchev–Trinajstić information content (AvgIpc) is 2.86. The largest absolute Gasteiger partial charge is 0.463 e. The smallest absolute Gasteiger partial charge is 0.303 e. The molecule has 0 saturated heterocycles. The van der Waals surface area contributed by atoms with Gasteiger partial charge in [0.15, 0.2) is 11.9 Å². The van der Waals surface area contributed by atoms with Gasteiger partial charge in [0, 0.05) is 19.3 Å². The van der Waals surface area contributed by atoms with E-state index in [0.717, 1.165) is 44.9 Å². The molecule has 4 fully saturated rings. The van der Waals surface area contributed by atoms with Crippen molar-refractivity contribution in [2.45, 2.75) is 91.3 Å². The van der Waals surface area contributed by atoms with Crippen LogP contribution in [-0.4, -0.2) is 29.9 Å². The van der Waals surface area contributed by atoms with Crippen LogP contribution in [-0.2, 0) is 23.9 Å². The highest BCUT2D eigenvalue weighted by Gasteiger charge is 2.63. The lowest BCUT2D eigenvalue weighted by molar-refractivity contribution is -0.160. The third-order valence-corrected chi connectivity index (χ3v) is 8.97. The Morgan fingerprint density at radius 1 is 0.893 bits per heavy atom. The molecular weight excluding hydrogens is 356 g/mol. The van der Waals surface area contributed by atoms with E-state index in [1.165, 1.54) is 13.8 Å². The number of carbonyl (C=O) groups is 3. The lowest BCUT2D eigenvalue weighted by Crippen LogP contribution is -2.54. The van der Waals surface area contributed by atoms with Gasteiger partial charge in [-0.05, 0) is 80.5 Å². The number of esters is 2. The van der Waals surface area contributed by atoms with Crippen LogP contribution in [0.15, 0.2) is 0 Å². The van der Waals surface area contributed by atoms with E-state index in [1.54, 1.807) is 0 Å². The molecule has 0 radical (unpaired) electrons. The van der Waals surface area contributed by atoms with Crippen LogP contribution in [0, 0.1) is 34.5 Å². The van der Waals surface area contributed by atoms with Gasteiger partial charge >= 0.3 is 11.9 Å². The molecule has 0 heterocycles. The third-order valence-electron chi connectivity index (χ3n) is 8.97. The Morgan fingerprint density at radius 2 is 1.61 bits per heavy atom. The third kappa shape index (κ3) is 3.00. The molecule has 0 aromatic heterocycles. The van der Waals surface area contributed by atoms with Crippen molar-refractivity contribution in [1.29, 1.82) is 0 Å². The number of fused-ring (bicyclic) bond motifs is 5. The number of Topliss-reactive ketones (excluding diaryl/α,β-unsaturated/α-hetero) is 1. The van der Waals surface area contributed by atoms with Gasteiger partial charge in [0.05, 0.1) is 0 Å². The van der Waals surface area contributed by atoms with Crippen molar-refractivity contribution in [3.8, 4) is 0 Å². The highest BCUT2D eigenvalue weighted by atomic mass is 16.5. The molecule has 0 unspecified atom stereocenters. The summed E-state index contributed by atoms with van der Waals surface area (Å²) in [6.45, 7) is 7.46. The molecule has 0 spiro atoms. The van der Waals surface area contributed by atoms with Gasteiger partial charge in [-0.1, -0.05) is 13.8 Å². The Morgan fingerprint density at radius 3 is 2.29 bits per heavy atom. The maximum absolute atomic E-state index is 13.1. The molecule has 5 heteroatoms. The SMILES string of the molecule is CC(=O)O[C@H]1CC[C@@]2(C)[C@@H](CC[C@@H]3[C@H]2CC[C@@]2(C)C(=O)[C@@H](OC(C)=O)C[C@@H]32)C1. The van der Waals surface area contributed by atoms with E-state index < -0.39 is 6.10 Å². The fourth-order valence-corrected chi connectivity index (χ4v) is 7.63. The predicted molar refractivity (Wildman–Crippen MR) is 103 cm³/mol. The van der Waals surface area contributed by atoms with Gasteiger partial charge in [-0.25, -0.2) is 0 Å². The minimum atomic E-state index is -0.545. The van der Waals surface area contributed by atoms with E-state index in [0.29, 0.717) is 30.1 Å². The maximum Gasteiger partial charge on any atom is 0.303 e. The second-order valence-electron chi connectivity index (χ2n) is 10.3. The van der Waals surface area contributed by atoms with E-state index in [-0.39, 0.29) is 34.7 Å². The van der Waals surface area contributed by atoms with Crippen molar-refractivity contribution in [1.82, 2.24) is 0 Å². The lowest BCUT2D eigenvalue weighted by atomic mass is 9.45. The summed E-state index contributed by atoms with van der Waals surface area (Å²) in [4.78, 5) is 35.9. The molecular formula is C23H34O5. The summed E-state index contributed by atoms with van der Waals surface area (Å²) in [6.07, 6.45) is 7.54. The summed E-state index contributed by atoms with van der Waals surface area (Å²) in [5.41, 5.74) is -0.0666. The van der Waals surface area contributed by atoms with Crippen molar-refractivity contribution < 1.29 is 23.9 Å². The first-order valence-corrected chi connectivity index (χ1v) is 11.0. The molecule has 5 nitrogen and oxygen atoms in total. The van der Waals surface area contributed by atoms with Gasteiger partial charge in [-0.2, -0.15) is 0 Å². The fourth-order valence-electron chi connectivity index (χ4n) is 7.63. The summed E-state index contributed by atoms with van der Waals surface area (Å²) >= 11 is 0. The summed E-state index contributed by atoms with van der Waals surface area (Å²) < 4.78 is 10.9. The molecule has 0 bridgehead atoms. The van der Waals surface area contributed by atoms with Gasteiger partial charge in [0.25, 0.3) is 0 Å². The van der Waals surface area contributed by atoms with Crippen LogP contribution < -0.4 is 0 Å². The molecule has 0 aromatic carbocycles. The second-order valence-corrected chi connectivity index (χ2v) is 10.3. The highest BCUT2D eigenvalue weighted by Crippen LogP contribution is 2.65. The van der Waals surface area contributed by atoms with E-state index in [2.05, 4.69) is 13.8 Å². The Kier molecular flexibility index (Phi) is 4.86. The minimum absolute atomic E-state index is 0.0717. The van der Waals surface area contributed by atoms with Crippen LogP contribution >= 0.6 is 0 Å². The van der Waals surface area contributed by atoms with Crippen LogP contribution in [0.4, 0.5) is 0 Å². The zero-order chi connectivity index (χ0) is 20.3. The Hall–Kier alpha value is -1.39. The maximum atomic E-state index is 13.1. The minimum Gasteiger partial charge on any atom is -0.463 e. The summed E-state index contributed by atoms with van der Waals surface area (Å²) in [6, 6.07) is 0. The topological polar surface area (TPSA) is 69.7 Å². The number of carbonyl (C=O) groups excluding carboxylic acids is 3. The van der Waals surface area contributed by atoms with Crippen molar-refractivity contribution in [3.63, 3.8) is 0 Å². The molecule has 0 amide bonds. The van der Waals surface area contributed by atoms with Crippen LogP contribution in [0.1, 0.15) is 79.1 Å². The van der Waals surface area contributed by atoms with E-state index >= 15 is 0 Å². The molecule has 0 aliphatic heterocycles. The number of ether oxygens (including phenoxy) is 2. The van der Waals surface area contributed by atoms with Crippen molar-refractivity contribution >= 4 is 17.7 Å². The number of hydrogen-bond acceptors (Lipinski definition) is 5.